The fourth-order valence-electron chi connectivity index (χ4n) is 0.656. The molecular formula is C5H10O2. The SMILES string of the molecule is C[C@]1(O)CCOC1. The minimum absolute atomic E-state index is 0.507. The average Bonchev–Trinajstić information content (AvgIpc) is 1.84. The zero-order valence-corrected chi connectivity index (χ0v) is 4.48. The molecule has 1 atom stereocenters. The predicted octanol–water partition coefficient (Wildman–Crippen LogP) is 0.158. The Morgan fingerprint density at radius 1 is 1.71 bits per heavy atom. The molecule has 1 rings (SSSR count). The highest BCUT2D eigenvalue weighted by molar-refractivity contribution is 4.75. The first-order chi connectivity index (χ1) is 3.21. The highest BCUT2D eigenvalue weighted by atomic mass is 16.5. The third kappa shape index (κ3) is 1.14. The van der Waals surface area contributed by atoms with E-state index in [9.17, 15) is 0 Å². The molecule has 1 aliphatic heterocycles. The molecule has 1 N–H and O–H groups in total. The van der Waals surface area contributed by atoms with Crippen molar-refractivity contribution in [3.05, 3.63) is 0 Å². The maximum atomic E-state index is 9.07. The minimum atomic E-state index is -0.528. The van der Waals surface area contributed by atoms with Gasteiger partial charge >= 0.3 is 0 Å². The molecule has 1 saturated heterocycles. The summed E-state index contributed by atoms with van der Waals surface area (Å²) >= 11 is 0. The summed E-state index contributed by atoms with van der Waals surface area (Å²) in [7, 11) is 0. The molecule has 2 nitrogen and oxygen atoms in total. The van der Waals surface area contributed by atoms with E-state index in [2.05, 4.69) is 0 Å². The van der Waals surface area contributed by atoms with Crippen LogP contribution in [0, 0.1) is 0 Å². The Morgan fingerprint density at radius 3 is 2.57 bits per heavy atom. The molecule has 0 aromatic heterocycles. The van der Waals surface area contributed by atoms with Crippen molar-refractivity contribution in [1.82, 2.24) is 0 Å². The maximum Gasteiger partial charge on any atom is 0.0874 e. The van der Waals surface area contributed by atoms with Gasteiger partial charge in [-0.2, -0.15) is 0 Å². The topological polar surface area (TPSA) is 29.5 Å². The second-order valence-electron chi connectivity index (χ2n) is 2.30. The molecule has 0 spiro atoms. The van der Waals surface area contributed by atoms with Gasteiger partial charge in [0.1, 0.15) is 0 Å². The number of hydrogen-bond donors (Lipinski definition) is 1. The van der Waals surface area contributed by atoms with Gasteiger partial charge in [-0.3, -0.25) is 0 Å². The smallest absolute Gasteiger partial charge is 0.0874 e. The van der Waals surface area contributed by atoms with Crippen LogP contribution in [0.15, 0.2) is 0 Å². The van der Waals surface area contributed by atoms with Gasteiger partial charge in [-0.15, -0.1) is 0 Å². The summed E-state index contributed by atoms with van der Waals surface area (Å²) in [6, 6.07) is 0. The van der Waals surface area contributed by atoms with E-state index >= 15 is 0 Å². The van der Waals surface area contributed by atoms with Crippen LogP contribution in [-0.2, 0) is 4.74 Å². The lowest BCUT2D eigenvalue weighted by Gasteiger charge is -2.10. The normalized spacial score (nSPS) is 42.0. The van der Waals surface area contributed by atoms with Gasteiger partial charge in [-0.05, 0) is 6.92 Å². The van der Waals surface area contributed by atoms with E-state index in [0.29, 0.717) is 13.2 Å². The summed E-state index contributed by atoms with van der Waals surface area (Å²) in [4.78, 5) is 0. The Hall–Kier alpha value is -0.0800. The molecule has 1 heterocycles. The molecule has 0 aromatic rings. The molecule has 0 aliphatic carbocycles. The average molecular weight is 102 g/mol. The van der Waals surface area contributed by atoms with E-state index < -0.39 is 5.60 Å². The second-order valence-corrected chi connectivity index (χ2v) is 2.30. The highest BCUT2D eigenvalue weighted by Crippen LogP contribution is 2.15. The Kier molecular flexibility index (Phi) is 1.05. The number of rotatable bonds is 0. The van der Waals surface area contributed by atoms with Gasteiger partial charge in [-0.1, -0.05) is 0 Å². The summed E-state index contributed by atoms with van der Waals surface area (Å²) in [5, 5.41) is 9.07. The van der Waals surface area contributed by atoms with Crippen molar-refractivity contribution in [2.75, 3.05) is 13.2 Å². The first-order valence-electron chi connectivity index (χ1n) is 2.51. The molecule has 1 aliphatic rings. The second kappa shape index (κ2) is 1.46. The van der Waals surface area contributed by atoms with Crippen molar-refractivity contribution in [3.8, 4) is 0 Å². The Bertz CT molecular complexity index is 60.5. The fraction of sp³-hybridized carbons (Fsp3) is 1.00. The van der Waals surface area contributed by atoms with E-state index in [4.69, 9.17) is 9.84 Å². The van der Waals surface area contributed by atoms with Crippen LogP contribution in [0.2, 0.25) is 0 Å². The lowest BCUT2D eigenvalue weighted by molar-refractivity contribution is 0.0435. The van der Waals surface area contributed by atoms with Crippen molar-refractivity contribution >= 4 is 0 Å². The number of hydrogen-bond acceptors (Lipinski definition) is 2. The van der Waals surface area contributed by atoms with E-state index in [1.807, 2.05) is 0 Å². The van der Waals surface area contributed by atoms with Crippen LogP contribution < -0.4 is 0 Å². The minimum Gasteiger partial charge on any atom is -0.388 e. The van der Waals surface area contributed by atoms with E-state index in [1.54, 1.807) is 6.92 Å². The fourth-order valence-corrected chi connectivity index (χ4v) is 0.656. The Balaban J connectivity index is 2.40. The zero-order valence-electron chi connectivity index (χ0n) is 4.48. The molecule has 0 amide bonds. The zero-order chi connectivity index (χ0) is 5.33. The molecule has 0 bridgehead atoms. The number of aliphatic hydroxyl groups is 1. The molecule has 2 heteroatoms. The Labute approximate surface area is 43.1 Å². The van der Waals surface area contributed by atoms with Gasteiger partial charge in [0.15, 0.2) is 0 Å². The first kappa shape index (κ1) is 5.06. The third-order valence-corrected chi connectivity index (χ3v) is 1.20. The van der Waals surface area contributed by atoms with Crippen LogP contribution in [0.3, 0.4) is 0 Å². The summed E-state index contributed by atoms with van der Waals surface area (Å²) in [6.07, 6.45) is 0.785. The van der Waals surface area contributed by atoms with Crippen LogP contribution in [-0.4, -0.2) is 23.9 Å². The van der Waals surface area contributed by atoms with Gasteiger partial charge in [0.25, 0.3) is 0 Å². The van der Waals surface area contributed by atoms with Crippen LogP contribution in [0.1, 0.15) is 13.3 Å². The molecule has 0 radical (unpaired) electrons. The molecule has 0 unspecified atom stereocenters. The first-order valence-corrected chi connectivity index (χ1v) is 2.51. The van der Waals surface area contributed by atoms with Crippen LogP contribution in [0.25, 0.3) is 0 Å². The van der Waals surface area contributed by atoms with E-state index in [1.165, 1.54) is 0 Å². The van der Waals surface area contributed by atoms with Gasteiger partial charge < -0.3 is 9.84 Å². The van der Waals surface area contributed by atoms with Crippen molar-refractivity contribution in [1.29, 1.82) is 0 Å². The molecular weight excluding hydrogens is 92.1 g/mol. The van der Waals surface area contributed by atoms with Crippen molar-refractivity contribution in [3.63, 3.8) is 0 Å². The lowest BCUT2D eigenvalue weighted by Crippen LogP contribution is -2.22. The van der Waals surface area contributed by atoms with Crippen LogP contribution in [0.4, 0.5) is 0 Å². The van der Waals surface area contributed by atoms with Gasteiger partial charge in [-0.25, -0.2) is 0 Å². The Morgan fingerprint density at radius 2 is 2.43 bits per heavy atom. The summed E-state index contributed by atoms with van der Waals surface area (Å²) in [6.45, 7) is 3.01. The van der Waals surface area contributed by atoms with Crippen molar-refractivity contribution in [2.45, 2.75) is 18.9 Å². The molecule has 42 valence electrons. The summed E-state index contributed by atoms with van der Waals surface area (Å²) in [5.74, 6) is 0. The highest BCUT2D eigenvalue weighted by Gasteiger charge is 2.25. The monoisotopic (exact) mass is 102 g/mol. The van der Waals surface area contributed by atoms with Crippen LogP contribution >= 0.6 is 0 Å². The van der Waals surface area contributed by atoms with Gasteiger partial charge in [0, 0.05) is 13.0 Å². The summed E-state index contributed by atoms with van der Waals surface area (Å²) in [5.41, 5.74) is -0.528. The van der Waals surface area contributed by atoms with Crippen molar-refractivity contribution in [2.24, 2.45) is 0 Å². The molecule has 7 heavy (non-hydrogen) atoms. The molecule has 0 aromatic carbocycles. The molecule has 1 fully saturated rings. The number of ether oxygens (including phenoxy) is 1. The van der Waals surface area contributed by atoms with Crippen molar-refractivity contribution < 1.29 is 9.84 Å². The third-order valence-electron chi connectivity index (χ3n) is 1.20. The van der Waals surface area contributed by atoms with E-state index in [0.717, 1.165) is 6.42 Å². The van der Waals surface area contributed by atoms with Gasteiger partial charge in [0.2, 0.25) is 0 Å². The molecule has 0 saturated carbocycles. The standard InChI is InChI=1S/C5H10O2/c1-5(6)2-3-7-4-5/h6H,2-4H2,1H3/t5-/m0/s1. The quantitative estimate of drug-likeness (QED) is 0.472. The lowest BCUT2D eigenvalue weighted by atomic mass is 10.1. The van der Waals surface area contributed by atoms with E-state index in [-0.39, 0.29) is 0 Å². The summed E-state index contributed by atoms with van der Waals surface area (Å²) < 4.78 is 4.91. The van der Waals surface area contributed by atoms with Gasteiger partial charge in [0.05, 0.1) is 12.2 Å². The van der Waals surface area contributed by atoms with Crippen LogP contribution in [0.5, 0.6) is 0 Å². The predicted molar refractivity (Wildman–Crippen MR) is 26.1 cm³/mol. The maximum absolute atomic E-state index is 9.07. The largest absolute Gasteiger partial charge is 0.388 e.